The number of imidazole rings is 1. The normalized spacial score (nSPS) is 10.7. The minimum Gasteiger partial charge on any atom is -0.493 e. The number of hydrogen-bond donors (Lipinski definition) is 0. The number of halogens is 1. The van der Waals surface area contributed by atoms with Crippen molar-refractivity contribution in [3.8, 4) is 5.75 Å². The van der Waals surface area contributed by atoms with Gasteiger partial charge in [0, 0.05) is 11.9 Å². The first-order chi connectivity index (χ1) is 6.22. The van der Waals surface area contributed by atoms with Gasteiger partial charge in [0.25, 0.3) is 0 Å². The third-order valence-electron chi connectivity index (χ3n) is 1.97. The van der Waals surface area contributed by atoms with Crippen LogP contribution in [0.2, 0.25) is 0 Å². The van der Waals surface area contributed by atoms with Crippen molar-refractivity contribution in [2.45, 2.75) is 6.92 Å². The Labute approximate surface area is 84.5 Å². The number of hydrogen-bond acceptors (Lipinski definition) is 2. The van der Waals surface area contributed by atoms with E-state index >= 15 is 0 Å². The summed E-state index contributed by atoms with van der Waals surface area (Å²) in [6.45, 7) is 2.03. The zero-order valence-electron chi connectivity index (χ0n) is 7.41. The van der Waals surface area contributed by atoms with Crippen molar-refractivity contribution in [1.29, 1.82) is 0 Å². The molecule has 0 radical (unpaired) electrons. The van der Waals surface area contributed by atoms with Crippen molar-refractivity contribution < 1.29 is 4.74 Å². The van der Waals surface area contributed by atoms with Gasteiger partial charge in [-0.3, -0.25) is 0 Å². The summed E-state index contributed by atoms with van der Waals surface area (Å²) >= 11 is 3.33. The lowest BCUT2D eigenvalue weighted by Crippen LogP contribution is -1.93. The lowest BCUT2D eigenvalue weighted by Gasteiger charge is -2.03. The topological polar surface area (TPSA) is 26.5 Å². The molecule has 0 bridgehead atoms. The van der Waals surface area contributed by atoms with E-state index < -0.39 is 0 Å². The van der Waals surface area contributed by atoms with Crippen LogP contribution in [-0.4, -0.2) is 16.5 Å². The van der Waals surface area contributed by atoms with Crippen LogP contribution in [0.25, 0.3) is 5.65 Å². The highest BCUT2D eigenvalue weighted by atomic mass is 79.9. The summed E-state index contributed by atoms with van der Waals surface area (Å²) in [6, 6.07) is 3.92. The van der Waals surface area contributed by atoms with Gasteiger partial charge >= 0.3 is 0 Å². The van der Waals surface area contributed by atoms with Crippen LogP contribution >= 0.6 is 15.9 Å². The monoisotopic (exact) mass is 240 g/mol. The second-order valence-corrected chi connectivity index (χ2v) is 3.61. The summed E-state index contributed by atoms with van der Waals surface area (Å²) in [7, 11) is 1.65. The van der Waals surface area contributed by atoms with Gasteiger partial charge in [-0.2, -0.15) is 0 Å². The van der Waals surface area contributed by atoms with E-state index in [-0.39, 0.29) is 0 Å². The van der Waals surface area contributed by atoms with Crippen LogP contribution in [0.4, 0.5) is 0 Å². The maximum absolute atomic E-state index is 5.19. The second kappa shape index (κ2) is 3.03. The van der Waals surface area contributed by atoms with Crippen LogP contribution in [0.5, 0.6) is 5.75 Å². The van der Waals surface area contributed by atoms with Crippen LogP contribution < -0.4 is 4.74 Å². The average Bonchev–Trinajstić information content (AvgIpc) is 2.48. The fourth-order valence-corrected chi connectivity index (χ4v) is 1.68. The molecular formula is C9H9BrN2O. The molecule has 4 heteroatoms. The van der Waals surface area contributed by atoms with E-state index in [4.69, 9.17) is 4.74 Å². The molecule has 0 spiro atoms. The molecule has 0 aliphatic heterocycles. The summed E-state index contributed by atoms with van der Waals surface area (Å²) in [5.41, 5.74) is 1.98. The minimum absolute atomic E-state index is 0.788. The highest BCUT2D eigenvalue weighted by Crippen LogP contribution is 2.22. The Kier molecular flexibility index (Phi) is 2.00. The standard InChI is InChI=1S/C9H9BrN2O/c1-6-3-4-7(13-2)9-11-8(10)5-12(6)9/h3-5H,1-2H3. The van der Waals surface area contributed by atoms with E-state index in [2.05, 4.69) is 20.9 Å². The fraction of sp³-hybridized carbons (Fsp3) is 0.222. The Morgan fingerprint density at radius 2 is 2.23 bits per heavy atom. The van der Waals surface area contributed by atoms with Gasteiger partial charge in [-0.05, 0) is 35.0 Å². The summed E-state index contributed by atoms with van der Waals surface area (Å²) < 4.78 is 8.00. The predicted octanol–water partition coefficient (Wildman–Crippen LogP) is 2.41. The molecule has 0 aromatic carbocycles. The van der Waals surface area contributed by atoms with Crippen molar-refractivity contribution in [3.05, 3.63) is 28.6 Å². The summed E-state index contributed by atoms with van der Waals surface area (Å²) in [5.74, 6) is 0.788. The van der Waals surface area contributed by atoms with Crippen molar-refractivity contribution in [1.82, 2.24) is 9.38 Å². The Hall–Kier alpha value is -1.03. The molecule has 0 aliphatic rings. The Morgan fingerprint density at radius 3 is 2.92 bits per heavy atom. The molecule has 0 unspecified atom stereocenters. The van der Waals surface area contributed by atoms with Gasteiger partial charge in [0.05, 0.1) is 7.11 Å². The number of methoxy groups -OCH3 is 1. The summed E-state index contributed by atoms with van der Waals surface area (Å²) in [4.78, 5) is 4.30. The van der Waals surface area contributed by atoms with E-state index in [1.54, 1.807) is 7.11 Å². The summed E-state index contributed by atoms with van der Waals surface area (Å²) in [5, 5.41) is 0. The molecule has 0 atom stereocenters. The third-order valence-corrected chi connectivity index (χ3v) is 2.35. The van der Waals surface area contributed by atoms with Crippen LogP contribution in [0.15, 0.2) is 22.9 Å². The number of aromatic nitrogens is 2. The minimum atomic E-state index is 0.788. The zero-order chi connectivity index (χ0) is 9.42. The van der Waals surface area contributed by atoms with Crippen LogP contribution in [0.1, 0.15) is 5.69 Å². The lowest BCUT2D eigenvalue weighted by molar-refractivity contribution is 0.416. The molecule has 0 aliphatic carbocycles. The Bertz CT molecular complexity index is 450. The maximum Gasteiger partial charge on any atom is 0.181 e. The summed E-state index contributed by atoms with van der Waals surface area (Å²) in [6.07, 6.45) is 1.92. The molecule has 0 amide bonds. The van der Waals surface area contributed by atoms with Crippen molar-refractivity contribution in [2.24, 2.45) is 0 Å². The number of ether oxygens (including phenoxy) is 1. The highest BCUT2D eigenvalue weighted by molar-refractivity contribution is 9.10. The van der Waals surface area contributed by atoms with Crippen LogP contribution in [0.3, 0.4) is 0 Å². The molecule has 13 heavy (non-hydrogen) atoms. The molecular weight excluding hydrogens is 232 g/mol. The molecule has 0 saturated carbocycles. The van der Waals surface area contributed by atoms with Gasteiger partial charge in [-0.25, -0.2) is 4.98 Å². The first-order valence-electron chi connectivity index (χ1n) is 3.90. The van der Waals surface area contributed by atoms with Crippen LogP contribution in [-0.2, 0) is 0 Å². The first-order valence-corrected chi connectivity index (χ1v) is 4.70. The van der Waals surface area contributed by atoms with E-state index in [1.807, 2.05) is 29.7 Å². The fourth-order valence-electron chi connectivity index (χ4n) is 1.30. The van der Waals surface area contributed by atoms with E-state index in [9.17, 15) is 0 Å². The number of fused-ring (bicyclic) bond motifs is 1. The van der Waals surface area contributed by atoms with Gasteiger partial charge in [0.1, 0.15) is 4.60 Å². The van der Waals surface area contributed by atoms with Gasteiger partial charge in [-0.15, -0.1) is 0 Å². The maximum atomic E-state index is 5.19. The molecule has 2 rings (SSSR count). The molecule has 2 aromatic rings. The first kappa shape index (κ1) is 8.56. The largest absolute Gasteiger partial charge is 0.493 e. The number of aryl methyl sites for hydroxylation is 1. The Balaban J connectivity index is 2.83. The van der Waals surface area contributed by atoms with E-state index in [0.29, 0.717) is 0 Å². The van der Waals surface area contributed by atoms with Crippen LogP contribution in [0, 0.1) is 6.92 Å². The molecule has 2 heterocycles. The van der Waals surface area contributed by atoms with E-state index in [1.165, 1.54) is 0 Å². The number of rotatable bonds is 1. The van der Waals surface area contributed by atoms with Gasteiger partial charge in [0.2, 0.25) is 0 Å². The molecule has 3 nitrogen and oxygen atoms in total. The molecule has 2 aromatic heterocycles. The number of nitrogens with zero attached hydrogens (tertiary/aromatic N) is 2. The van der Waals surface area contributed by atoms with Gasteiger partial charge < -0.3 is 9.14 Å². The SMILES string of the molecule is COc1ccc(C)n2cc(Br)nc12. The molecule has 68 valence electrons. The van der Waals surface area contributed by atoms with Gasteiger partial charge in [-0.1, -0.05) is 0 Å². The smallest absolute Gasteiger partial charge is 0.181 e. The third kappa shape index (κ3) is 1.31. The highest BCUT2D eigenvalue weighted by Gasteiger charge is 2.06. The zero-order valence-corrected chi connectivity index (χ0v) is 9.00. The quantitative estimate of drug-likeness (QED) is 0.766. The van der Waals surface area contributed by atoms with Crippen molar-refractivity contribution in [2.75, 3.05) is 7.11 Å². The molecule has 0 fully saturated rings. The van der Waals surface area contributed by atoms with Gasteiger partial charge in [0.15, 0.2) is 11.4 Å². The van der Waals surface area contributed by atoms with E-state index in [0.717, 1.165) is 21.7 Å². The lowest BCUT2D eigenvalue weighted by atomic mass is 10.3. The van der Waals surface area contributed by atoms with Crippen molar-refractivity contribution >= 4 is 21.6 Å². The predicted molar refractivity (Wildman–Crippen MR) is 54.2 cm³/mol. The van der Waals surface area contributed by atoms with Crippen molar-refractivity contribution in [3.63, 3.8) is 0 Å². The second-order valence-electron chi connectivity index (χ2n) is 2.80. The average molecular weight is 241 g/mol. The molecule has 0 N–H and O–H groups in total. The number of pyridine rings is 1. The Morgan fingerprint density at radius 1 is 1.46 bits per heavy atom. The molecule has 0 saturated heterocycles.